The Bertz CT molecular complexity index is 1300. The summed E-state index contributed by atoms with van der Waals surface area (Å²) in [6.45, 7) is 2.37. The Hall–Kier alpha value is -3.74. The quantitative estimate of drug-likeness (QED) is 0.324. The van der Waals surface area contributed by atoms with Gasteiger partial charge in [-0.2, -0.15) is 0 Å². The summed E-state index contributed by atoms with van der Waals surface area (Å²) in [6, 6.07) is 25.8. The van der Waals surface area contributed by atoms with Crippen LogP contribution in [0.2, 0.25) is 0 Å². The van der Waals surface area contributed by atoms with Crippen molar-refractivity contribution >= 4 is 5.97 Å². The number of aliphatic hydroxyl groups excluding tert-OH is 1. The molecular weight excluding hydrogens is 442 g/mol. The van der Waals surface area contributed by atoms with E-state index < -0.39 is 12.1 Å². The highest BCUT2D eigenvalue weighted by molar-refractivity contribution is 5.75. The summed E-state index contributed by atoms with van der Waals surface area (Å²) in [5.41, 5.74) is 6.30. The Kier molecular flexibility index (Phi) is 6.49. The van der Waals surface area contributed by atoms with E-state index in [4.69, 9.17) is 14.4 Å². The van der Waals surface area contributed by atoms with Gasteiger partial charge >= 0.3 is 5.97 Å². The molecule has 1 heterocycles. The number of aliphatic carboxylic acids is 1. The minimum absolute atomic E-state index is 0.125. The molecule has 3 atom stereocenters. The molecule has 0 saturated heterocycles. The number of hydrogen-bond acceptors (Lipinski definition) is 5. The van der Waals surface area contributed by atoms with E-state index in [1.165, 1.54) is 0 Å². The number of aromatic nitrogens is 1. The van der Waals surface area contributed by atoms with E-state index in [0.717, 1.165) is 27.8 Å². The third-order valence-electron chi connectivity index (χ3n) is 6.56. The van der Waals surface area contributed by atoms with E-state index in [1.54, 1.807) is 0 Å². The first kappa shape index (κ1) is 23.0. The zero-order valence-corrected chi connectivity index (χ0v) is 19.4. The minimum atomic E-state index is -0.857. The molecule has 0 bridgehead atoms. The summed E-state index contributed by atoms with van der Waals surface area (Å²) in [6.07, 6.45) is -0.143. The van der Waals surface area contributed by atoms with E-state index >= 15 is 0 Å². The number of rotatable bonds is 9. The predicted octanol–water partition coefficient (Wildman–Crippen LogP) is 5.76. The molecule has 4 aromatic rings. The highest BCUT2D eigenvalue weighted by Gasteiger charge is 2.44. The number of carboxylic acids is 1. The molecule has 0 spiro atoms. The Balaban J connectivity index is 1.27. The van der Waals surface area contributed by atoms with Crippen LogP contribution in [0.5, 0.6) is 0 Å². The summed E-state index contributed by atoms with van der Waals surface area (Å²) < 4.78 is 11.3. The van der Waals surface area contributed by atoms with Gasteiger partial charge < -0.3 is 19.5 Å². The van der Waals surface area contributed by atoms with E-state index in [9.17, 15) is 9.90 Å². The number of benzene rings is 3. The van der Waals surface area contributed by atoms with Crippen LogP contribution in [0.4, 0.5) is 0 Å². The molecule has 1 aromatic heterocycles. The average Bonchev–Trinajstić information content (AvgIpc) is 3.60. The molecule has 0 aliphatic heterocycles. The fourth-order valence-corrected chi connectivity index (χ4v) is 4.50. The van der Waals surface area contributed by atoms with Gasteiger partial charge in [-0.1, -0.05) is 84.0 Å². The lowest BCUT2D eigenvalue weighted by atomic mass is 9.98. The Labute approximate surface area is 203 Å². The van der Waals surface area contributed by atoms with Crippen molar-refractivity contribution in [3.63, 3.8) is 0 Å². The van der Waals surface area contributed by atoms with Crippen molar-refractivity contribution < 1.29 is 24.3 Å². The molecule has 0 amide bonds. The van der Waals surface area contributed by atoms with Crippen LogP contribution >= 0.6 is 0 Å². The first-order chi connectivity index (χ1) is 17.0. The molecule has 2 N–H and O–H groups in total. The summed E-state index contributed by atoms with van der Waals surface area (Å²) in [5.74, 6) is -0.308. The van der Waals surface area contributed by atoms with Gasteiger partial charge in [0.1, 0.15) is 6.10 Å². The molecule has 1 aliphatic rings. The number of hydrogen-bond donors (Lipinski definition) is 2. The van der Waals surface area contributed by atoms with Crippen molar-refractivity contribution in [3.05, 3.63) is 101 Å². The third-order valence-corrected chi connectivity index (χ3v) is 6.56. The molecule has 0 radical (unpaired) electrons. The number of aryl methyl sites for hydroxylation is 1. The number of ether oxygens (including phenoxy) is 1. The summed E-state index contributed by atoms with van der Waals surface area (Å²) in [5, 5.41) is 24.0. The molecule has 178 valence electrons. The van der Waals surface area contributed by atoms with Crippen molar-refractivity contribution in [1.82, 2.24) is 5.16 Å². The fraction of sp³-hybridized carbons (Fsp3) is 0.241. The SMILES string of the molecule is Cc1noc(-c2ccc(-c3ccc(C4CC4C(=O)O)cc3)cc2)c1C(O)COCc1ccccc1. The van der Waals surface area contributed by atoms with Crippen LogP contribution in [0.25, 0.3) is 22.5 Å². The summed E-state index contributed by atoms with van der Waals surface area (Å²) in [7, 11) is 0. The van der Waals surface area contributed by atoms with Gasteiger partial charge in [-0.15, -0.1) is 0 Å². The monoisotopic (exact) mass is 469 g/mol. The molecule has 1 aliphatic carbocycles. The standard InChI is InChI=1S/C29H27NO5/c1-18-27(26(31)17-34-16-19-5-3-2-4-6-19)28(35-30-18)23-13-9-21(10-14-23)20-7-11-22(12-8-20)24-15-25(24)29(32)33/h2-14,24-26,31H,15-17H2,1H3,(H,32,33). The van der Waals surface area contributed by atoms with Gasteiger partial charge in [0.25, 0.3) is 0 Å². The summed E-state index contributed by atoms with van der Waals surface area (Å²) in [4.78, 5) is 11.1. The lowest BCUT2D eigenvalue weighted by molar-refractivity contribution is -0.138. The van der Waals surface area contributed by atoms with E-state index in [-0.39, 0.29) is 18.4 Å². The second-order valence-corrected chi connectivity index (χ2v) is 9.01. The Morgan fingerprint density at radius 1 is 1.00 bits per heavy atom. The topological polar surface area (TPSA) is 92.8 Å². The van der Waals surface area contributed by atoms with Crippen LogP contribution in [0.3, 0.4) is 0 Å². The molecule has 35 heavy (non-hydrogen) atoms. The van der Waals surface area contributed by atoms with Crippen LogP contribution in [0.15, 0.2) is 83.4 Å². The normalized spacial score (nSPS) is 17.8. The van der Waals surface area contributed by atoms with Crippen LogP contribution in [-0.4, -0.2) is 27.9 Å². The number of nitrogens with zero attached hydrogens (tertiary/aromatic N) is 1. The lowest BCUT2D eigenvalue weighted by Gasteiger charge is -2.12. The van der Waals surface area contributed by atoms with E-state index in [1.807, 2.05) is 85.8 Å². The zero-order valence-electron chi connectivity index (χ0n) is 19.4. The highest BCUT2D eigenvalue weighted by Crippen LogP contribution is 2.47. The van der Waals surface area contributed by atoms with Crippen LogP contribution in [-0.2, 0) is 16.1 Å². The van der Waals surface area contributed by atoms with Gasteiger partial charge in [-0.25, -0.2) is 0 Å². The first-order valence-electron chi connectivity index (χ1n) is 11.7. The molecular formula is C29H27NO5. The van der Waals surface area contributed by atoms with Crippen LogP contribution in [0, 0.1) is 12.8 Å². The smallest absolute Gasteiger partial charge is 0.307 e. The Morgan fingerprint density at radius 2 is 1.63 bits per heavy atom. The summed E-state index contributed by atoms with van der Waals surface area (Å²) >= 11 is 0. The molecule has 5 rings (SSSR count). The molecule has 3 aromatic carbocycles. The van der Waals surface area contributed by atoms with Crippen molar-refractivity contribution in [1.29, 1.82) is 0 Å². The number of aliphatic hydroxyl groups is 1. The first-order valence-corrected chi connectivity index (χ1v) is 11.7. The maximum Gasteiger partial charge on any atom is 0.307 e. The largest absolute Gasteiger partial charge is 0.481 e. The molecule has 6 heteroatoms. The fourth-order valence-electron chi connectivity index (χ4n) is 4.50. The lowest BCUT2D eigenvalue weighted by Crippen LogP contribution is -2.09. The van der Waals surface area contributed by atoms with Gasteiger partial charge in [0.15, 0.2) is 5.76 Å². The van der Waals surface area contributed by atoms with Gasteiger partial charge in [0.05, 0.1) is 30.4 Å². The maximum atomic E-state index is 11.1. The minimum Gasteiger partial charge on any atom is -0.481 e. The Morgan fingerprint density at radius 3 is 2.26 bits per heavy atom. The van der Waals surface area contributed by atoms with Gasteiger partial charge in [0.2, 0.25) is 0 Å². The van der Waals surface area contributed by atoms with E-state index in [2.05, 4.69) is 5.16 Å². The van der Waals surface area contributed by atoms with Gasteiger partial charge in [-0.3, -0.25) is 4.79 Å². The molecule has 1 saturated carbocycles. The van der Waals surface area contributed by atoms with E-state index in [0.29, 0.717) is 30.0 Å². The third kappa shape index (κ3) is 5.04. The number of carbonyl (C=O) groups is 1. The van der Waals surface area contributed by atoms with Crippen LogP contribution in [0.1, 0.15) is 40.8 Å². The second kappa shape index (κ2) is 9.86. The zero-order chi connectivity index (χ0) is 24.4. The molecule has 1 fully saturated rings. The van der Waals surface area contributed by atoms with Crippen molar-refractivity contribution in [2.24, 2.45) is 5.92 Å². The van der Waals surface area contributed by atoms with Crippen molar-refractivity contribution in [2.75, 3.05) is 6.61 Å². The average molecular weight is 470 g/mol. The van der Waals surface area contributed by atoms with Gasteiger partial charge in [-0.05, 0) is 41.5 Å². The van der Waals surface area contributed by atoms with Crippen molar-refractivity contribution in [3.8, 4) is 22.5 Å². The second-order valence-electron chi connectivity index (χ2n) is 9.01. The highest BCUT2D eigenvalue weighted by atomic mass is 16.5. The maximum absolute atomic E-state index is 11.1. The predicted molar refractivity (Wildman–Crippen MR) is 132 cm³/mol. The number of carboxylic acid groups (broad SMARTS) is 1. The molecule has 6 nitrogen and oxygen atoms in total. The van der Waals surface area contributed by atoms with Crippen molar-refractivity contribution in [2.45, 2.75) is 32.0 Å². The molecule has 3 unspecified atom stereocenters. The van der Waals surface area contributed by atoms with Crippen LogP contribution < -0.4 is 0 Å². The van der Waals surface area contributed by atoms with Gasteiger partial charge in [0, 0.05) is 5.56 Å².